The standard InChI is InChI=1S/C18H23N5O5/c1-10(23(2)3)20-17(25)16-14(24)13(21-22-19)15-12(27-16)9-26-18(28-15)11-7-5-4-6-8-11/h4-8,12-16,18,24H,9H2,1-3H3/t12?,13-,14?,15+,16-,18?/m1/s1. The number of benzene rings is 1. The van der Waals surface area contributed by atoms with Gasteiger partial charge in [-0.2, -0.15) is 4.99 Å². The molecule has 1 aromatic rings. The number of ether oxygens (including phenoxy) is 3. The predicted octanol–water partition coefficient (Wildman–Crippen LogP) is 1.41. The number of rotatable bonds is 3. The van der Waals surface area contributed by atoms with Gasteiger partial charge in [-0.15, -0.1) is 0 Å². The number of carbonyl (C=O) groups is 1. The molecule has 0 bridgehead atoms. The number of aliphatic hydroxyl groups is 1. The molecular formula is C18H23N5O5. The summed E-state index contributed by atoms with van der Waals surface area (Å²) < 4.78 is 17.4. The minimum Gasteiger partial charge on any atom is -0.389 e. The highest BCUT2D eigenvalue weighted by Crippen LogP contribution is 2.35. The number of fused-ring (bicyclic) bond motifs is 1. The van der Waals surface area contributed by atoms with Crippen LogP contribution in [0.25, 0.3) is 10.4 Å². The molecule has 0 spiro atoms. The Morgan fingerprint density at radius 1 is 1.29 bits per heavy atom. The summed E-state index contributed by atoms with van der Waals surface area (Å²) in [6.45, 7) is 1.78. The van der Waals surface area contributed by atoms with Gasteiger partial charge in [-0.3, -0.25) is 4.79 Å². The fraction of sp³-hybridized carbons (Fsp3) is 0.556. The molecule has 150 valence electrons. The Labute approximate surface area is 162 Å². The van der Waals surface area contributed by atoms with Crippen molar-refractivity contribution in [3.8, 4) is 0 Å². The van der Waals surface area contributed by atoms with Crippen LogP contribution in [0.4, 0.5) is 0 Å². The summed E-state index contributed by atoms with van der Waals surface area (Å²) in [6.07, 6.45) is -4.78. The van der Waals surface area contributed by atoms with Crippen LogP contribution in [0.15, 0.2) is 40.4 Å². The molecule has 28 heavy (non-hydrogen) atoms. The number of nitrogens with zero attached hydrogens (tertiary/aromatic N) is 5. The lowest BCUT2D eigenvalue weighted by Crippen LogP contribution is -2.62. The number of hydrogen-bond acceptors (Lipinski definition) is 6. The first-order chi connectivity index (χ1) is 13.4. The average Bonchev–Trinajstić information content (AvgIpc) is 2.70. The van der Waals surface area contributed by atoms with Gasteiger partial charge in [0.15, 0.2) is 12.4 Å². The molecule has 3 unspecified atom stereocenters. The monoisotopic (exact) mass is 389 g/mol. The van der Waals surface area contributed by atoms with E-state index < -0.39 is 42.7 Å². The Morgan fingerprint density at radius 3 is 2.64 bits per heavy atom. The van der Waals surface area contributed by atoms with Crippen molar-refractivity contribution in [2.24, 2.45) is 10.1 Å². The maximum Gasteiger partial charge on any atom is 0.279 e. The normalized spacial score (nSPS) is 32.8. The van der Waals surface area contributed by atoms with Gasteiger partial charge < -0.3 is 24.2 Å². The quantitative estimate of drug-likeness (QED) is 0.274. The van der Waals surface area contributed by atoms with E-state index >= 15 is 0 Å². The Morgan fingerprint density at radius 2 is 2.00 bits per heavy atom. The van der Waals surface area contributed by atoms with E-state index in [-0.39, 0.29) is 6.61 Å². The predicted molar refractivity (Wildman–Crippen MR) is 99.4 cm³/mol. The summed E-state index contributed by atoms with van der Waals surface area (Å²) in [7, 11) is 3.49. The van der Waals surface area contributed by atoms with Gasteiger partial charge in [-0.1, -0.05) is 35.4 Å². The van der Waals surface area contributed by atoms with Gasteiger partial charge in [0.2, 0.25) is 0 Å². The van der Waals surface area contributed by atoms with E-state index in [1.54, 1.807) is 25.9 Å². The Kier molecular flexibility index (Phi) is 6.28. The fourth-order valence-electron chi connectivity index (χ4n) is 3.11. The second-order valence-corrected chi connectivity index (χ2v) is 6.85. The third kappa shape index (κ3) is 4.16. The van der Waals surface area contributed by atoms with Gasteiger partial charge in [0, 0.05) is 24.6 Å². The molecule has 1 amide bonds. The van der Waals surface area contributed by atoms with Crippen LogP contribution in [0.2, 0.25) is 0 Å². The first-order valence-electron chi connectivity index (χ1n) is 8.88. The molecule has 0 saturated carbocycles. The van der Waals surface area contributed by atoms with Gasteiger partial charge in [0.25, 0.3) is 5.91 Å². The molecule has 2 aliphatic rings. The zero-order valence-electron chi connectivity index (χ0n) is 15.9. The van der Waals surface area contributed by atoms with Gasteiger partial charge >= 0.3 is 0 Å². The van der Waals surface area contributed by atoms with Crippen LogP contribution in [0.3, 0.4) is 0 Å². The topological polar surface area (TPSA) is 129 Å². The SMILES string of the molecule is CC(=NC(=O)[C@@H]1OC2COC(c3ccccc3)O[C@@H]2[C@H](N=[N+]=[N-])C1O)N(C)C. The van der Waals surface area contributed by atoms with E-state index in [0.29, 0.717) is 5.84 Å². The van der Waals surface area contributed by atoms with Gasteiger partial charge in [-0.25, -0.2) is 0 Å². The molecule has 6 atom stereocenters. The molecular weight excluding hydrogens is 366 g/mol. The van der Waals surface area contributed by atoms with Crippen molar-refractivity contribution in [3.05, 3.63) is 46.3 Å². The van der Waals surface area contributed by atoms with Crippen LogP contribution in [0.5, 0.6) is 0 Å². The summed E-state index contributed by atoms with van der Waals surface area (Å²) in [5, 5.41) is 14.3. The number of hydrogen-bond donors (Lipinski definition) is 1. The number of aliphatic imine (C=N–C) groups is 1. The number of carbonyl (C=O) groups excluding carboxylic acids is 1. The highest BCUT2D eigenvalue weighted by atomic mass is 16.7. The van der Waals surface area contributed by atoms with Crippen molar-refractivity contribution >= 4 is 11.7 Å². The minimum absolute atomic E-state index is 0.120. The van der Waals surface area contributed by atoms with Crippen LogP contribution in [0, 0.1) is 0 Å². The third-order valence-corrected chi connectivity index (χ3v) is 4.80. The Balaban J connectivity index is 1.82. The summed E-state index contributed by atoms with van der Waals surface area (Å²) in [4.78, 5) is 20.9. The van der Waals surface area contributed by atoms with E-state index in [0.717, 1.165) is 5.56 Å². The molecule has 0 radical (unpaired) electrons. The first-order valence-corrected chi connectivity index (χ1v) is 8.88. The molecule has 2 aliphatic heterocycles. The van der Waals surface area contributed by atoms with Gasteiger partial charge in [-0.05, 0) is 12.5 Å². The summed E-state index contributed by atoms with van der Waals surface area (Å²) in [5.41, 5.74) is 9.74. The van der Waals surface area contributed by atoms with E-state index in [9.17, 15) is 9.90 Å². The lowest BCUT2D eigenvalue weighted by Gasteiger charge is -2.46. The fourth-order valence-corrected chi connectivity index (χ4v) is 3.11. The molecule has 2 heterocycles. The lowest BCUT2D eigenvalue weighted by atomic mass is 9.92. The van der Waals surface area contributed by atoms with Crippen LogP contribution in [0.1, 0.15) is 18.8 Å². The number of amides is 1. The zero-order valence-corrected chi connectivity index (χ0v) is 15.9. The Hall–Kier alpha value is -2.49. The van der Waals surface area contributed by atoms with Gasteiger partial charge in [0.05, 0.1) is 12.6 Å². The molecule has 1 N–H and O–H groups in total. The molecule has 2 fully saturated rings. The molecule has 3 rings (SSSR count). The van der Waals surface area contributed by atoms with Crippen molar-refractivity contribution < 1.29 is 24.1 Å². The van der Waals surface area contributed by atoms with Crippen LogP contribution in [-0.4, -0.2) is 72.9 Å². The summed E-state index contributed by atoms with van der Waals surface area (Å²) in [5.74, 6) is -0.191. The molecule has 1 aromatic carbocycles. The lowest BCUT2D eigenvalue weighted by molar-refractivity contribution is -0.302. The van der Waals surface area contributed by atoms with E-state index in [1.807, 2.05) is 30.3 Å². The number of aliphatic hydroxyl groups excluding tert-OH is 1. The van der Waals surface area contributed by atoms with Crippen molar-refractivity contribution in [2.75, 3.05) is 20.7 Å². The third-order valence-electron chi connectivity index (χ3n) is 4.80. The molecule has 10 nitrogen and oxygen atoms in total. The maximum absolute atomic E-state index is 12.5. The summed E-state index contributed by atoms with van der Waals surface area (Å²) in [6, 6.07) is 8.26. The second-order valence-electron chi connectivity index (χ2n) is 6.85. The second kappa shape index (κ2) is 8.68. The molecule has 10 heteroatoms. The van der Waals surface area contributed by atoms with Crippen LogP contribution in [-0.2, 0) is 19.0 Å². The summed E-state index contributed by atoms with van der Waals surface area (Å²) >= 11 is 0. The van der Waals surface area contributed by atoms with E-state index in [4.69, 9.17) is 19.7 Å². The Bertz CT molecular complexity index is 780. The minimum atomic E-state index is -1.39. The van der Waals surface area contributed by atoms with Crippen LogP contribution >= 0.6 is 0 Å². The largest absolute Gasteiger partial charge is 0.389 e. The van der Waals surface area contributed by atoms with Crippen molar-refractivity contribution in [1.29, 1.82) is 0 Å². The number of amidine groups is 1. The van der Waals surface area contributed by atoms with Crippen molar-refractivity contribution in [3.63, 3.8) is 0 Å². The van der Waals surface area contributed by atoms with E-state index in [1.165, 1.54) is 0 Å². The van der Waals surface area contributed by atoms with E-state index in [2.05, 4.69) is 15.0 Å². The highest BCUT2D eigenvalue weighted by Gasteiger charge is 2.51. The molecule has 2 saturated heterocycles. The smallest absolute Gasteiger partial charge is 0.279 e. The molecule has 0 aromatic heterocycles. The maximum atomic E-state index is 12.5. The molecule has 0 aliphatic carbocycles. The first kappa shape index (κ1) is 20.2. The highest BCUT2D eigenvalue weighted by molar-refractivity contribution is 5.95. The van der Waals surface area contributed by atoms with Crippen molar-refractivity contribution in [1.82, 2.24) is 4.90 Å². The zero-order chi connectivity index (χ0) is 20.3. The average molecular weight is 389 g/mol. The van der Waals surface area contributed by atoms with Crippen LogP contribution < -0.4 is 0 Å². The van der Waals surface area contributed by atoms with Gasteiger partial charge in [0.1, 0.15) is 24.1 Å². The number of azide groups is 1. The van der Waals surface area contributed by atoms with Crippen molar-refractivity contribution in [2.45, 2.75) is 43.7 Å².